The van der Waals surface area contributed by atoms with E-state index in [9.17, 15) is 4.79 Å². The molecule has 1 fully saturated rings. The number of hydrogen-bond acceptors (Lipinski definition) is 3. The van der Waals surface area contributed by atoms with Crippen LogP contribution in [0.3, 0.4) is 0 Å². The number of halogens is 2. The van der Waals surface area contributed by atoms with E-state index < -0.39 is 0 Å². The number of ether oxygens (including phenoxy) is 1. The van der Waals surface area contributed by atoms with Crippen molar-refractivity contribution in [1.82, 2.24) is 5.32 Å². The summed E-state index contributed by atoms with van der Waals surface area (Å²) in [5.41, 5.74) is 0.771. The highest BCUT2D eigenvalue weighted by molar-refractivity contribution is 9.11. The lowest BCUT2D eigenvalue weighted by atomic mass is 9.95. The summed E-state index contributed by atoms with van der Waals surface area (Å²) in [6, 6.07) is 3.84. The molecule has 4 nitrogen and oxygen atoms in total. The molecular weight excluding hydrogens is 402 g/mol. The van der Waals surface area contributed by atoms with E-state index in [2.05, 4.69) is 37.2 Å². The molecule has 1 amide bonds. The van der Waals surface area contributed by atoms with Crippen molar-refractivity contribution in [3.63, 3.8) is 0 Å². The van der Waals surface area contributed by atoms with Crippen molar-refractivity contribution in [2.24, 2.45) is 0 Å². The molecule has 1 aliphatic carbocycles. The molecule has 6 heteroatoms. The first-order chi connectivity index (χ1) is 10.1. The second-order valence-corrected chi connectivity index (χ2v) is 6.95. The Labute approximate surface area is 141 Å². The van der Waals surface area contributed by atoms with Crippen LogP contribution >= 0.6 is 31.9 Å². The van der Waals surface area contributed by atoms with E-state index in [1.807, 2.05) is 0 Å². The van der Waals surface area contributed by atoms with E-state index in [4.69, 9.17) is 9.84 Å². The van der Waals surface area contributed by atoms with Gasteiger partial charge in [0, 0.05) is 6.04 Å². The Balaban J connectivity index is 1.88. The van der Waals surface area contributed by atoms with Crippen molar-refractivity contribution in [2.45, 2.75) is 44.8 Å². The minimum atomic E-state index is -0.0908. The molecule has 0 unspecified atom stereocenters. The van der Waals surface area contributed by atoms with Gasteiger partial charge in [0.1, 0.15) is 5.75 Å². The summed E-state index contributed by atoms with van der Waals surface area (Å²) in [5, 5.41) is 12.1. The molecule has 0 heterocycles. The second kappa shape index (κ2) is 8.15. The van der Waals surface area contributed by atoms with Gasteiger partial charge < -0.3 is 15.2 Å². The fourth-order valence-corrected chi connectivity index (χ4v) is 4.01. The largest absolute Gasteiger partial charge is 0.481 e. The molecule has 1 aliphatic rings. The summed E-state index contributed by atoms with van der Waals surface area (Å²) in [6.07, 6.45) is 5.76. The smallest absolute Gasteiger partial charge is 0.258 e. The Morgan fingerprint density at radius 1 is 1.24 bits per heavy atom. The first-order valence-corrected chi connectivity index (χ1v) is 8.69. The van der Waals surface area contributed by atoms with Crippen LogP contribution in [0.15, 0.2) is 21.1 Å². The van der Waals surface area contributed by atoms with E-state index in [0.717, 1.165) is 18.4 Å². The molecular formula is C15H19Br2NO3. The molecule has 1 aromatic carbocycles. The van der Waals surface area contributed by atoms with Gasteiger partial charge in [-0.25, -0.2) is 0 Å². The molecule has 116 valence electrons. The van der Waals surface area contributed by atoms with Crippen LogP contribution in [-0.4, -0.2) is 23.7 Å². The highest BCUT2D eigenvalue weighted by Gasteiger charge is 2.17. The average molecular weight is 421 g/mol. The number of aliphatic hydroxyl groups excluding tert-OH is 1. The quantitative estimate of drug-likeness (QED) is 0.765. The molecule has 1 saturated carbocycles. The van der Waals surface area contributed by atoms with Crippen LogP contribution in [0.25, 0.3) is 0 Å². The fourth-order valence-electron chi connectivity index (χ4n) is 2.50. The Kier molecular flexibility index (Phi) is 6.51. The van der Waals surface area contributed by atoms with Crippen molar-refractivity contribution in [1.29, 1.82) is 0 Å². The number of rotatable bonds is 5. The maximum atomic E-state index is 11.9. The van der Waals surface area contributed by atoms with Gasteiger partial charge in [0.05, 0.1) is 15.6 Å². The molecule has 0 radical (unpaired) electrons. The zero-order chi connectivity index (χ0) is 15.2. The molecule has 0 spiro atoms. The number of hydrogen-bond donors (Lipinski definition) is 2. The third-order valence-corrected chi connectivity index (χ3v) is 4.74. The third kappa shape index (κ3) is 4.97. The molecule has 0 bridgehead atoms. The van der Waals surface area contributed by atoms with Crippen LogP contribution < -0.4 is 10.1 Å². The zero-order valence-corrected chi connectivity index (χ0v) is 14.9. The molecule has 1 aromatic rings. The summed E-state index contributed by atoms with van der Waals surface area (Å²) in [4.78, 5) is 11.9. The molecule has 0 aromatic heterocycles. The number of carbonyl (C=O) groups excluding carboxylic acids is 1. The van der Waals surface area contributed by atoms with Gasteiger partial charge in [-0.3, -0.25) is 4.79 Å². The lowest BCUT2D eigenvalue weighted by molar-refractivity contribution is -0.124. The molecule has 2 N–H and O–H groups in total. The Morgan fingerprint density at radius 3 is 2.43 bits per heavy atom. The highest BCUT2D eigenvalue weighted by Crippen LogP contribution is 2.34. The summed E-state index contributed by atoms with van der Waals surface area (Å²) in [5.74, 6) is 0.484. The second-order valence-electron chi connectivity index (χ2n) is 5.24. The number of carbonyl (C=O) groups is 1. The number of benzene rings is 1. The minimum absolute atomic E-state index is 0.00777. The van der Waals surface area contributed by atoms with Gasteiger partial charge in [0.2, 0.25) is 0 Å². The van der Waals surface area contributed by atoms with Crippen molar-refractivity contribution in [3.05, 3.63) is 26.6 Å². The average Bonchev–Trinajstić information content (AvgIpc) is 2.47. The van der Waals surface area contributed by atoms with Crippen LogP contribution in [0.2, 0.25) is 0 Å². The highest BCUT2D eigenvalue weighted by atomic mass is 79.9. The van der Waals surface area contributed by atoms with Crippen LogP contribution in [0, 0.1) is 0 Å². The summed E-state index contributed by atoms with van der Waals surface area (Å²) in [7, 11) is 0. The minimum Gasteiger partial charge on any atom is -0.481 e. The number of amides is 1. The van der Waals surface area contributed by atoms with Gasteiger partial charge in [-0.2, -0.15) is 0 Å². The van der Waals surface area contributed by atoms with Crippen LogP contribution in [-0.2, 0) is 11.4 Å². The normalized spacial score (nSPS) is 15.8. The van der Waals surface area contributed by atoms with Gasteiger partial charge >= 0.3 is 0 Å². The van der Waals surface area contributed by atoms with Gasteiger partial charge in [-0.1, -0.05) is 19.3 Å². The molecule has 2 rings (SSSR count). The van der Waals surface area contributed by atoms with E-state index >= 15 is 0 Å². The predicted octanol–water partition coefficient (Wildman–Crippen LogP) is 3.53. The standard InChI is InChI=1S/C15H19Br2NO3/c16-12-6-10(8-19)7-13(17)15(12)21-9-14(20)18-11-4-2-1-3-5-11/h6-7,11,19H,1-5,8-9H2,(H,18,20). The Hall–Kier alpha value is -0.590. The zero-order valence-electron chi connectivity index (χ0n) is 11.7. The van der Waals surface area contributed by atoms with Crippen LogP contribution in [0.1, 0.15) is 37.7 Å². The van der Waals surface area contributed by atoms with E-state index in [1.54, 1.807) is 12.1 Å². The summed E-state index contributed by atoms with van der Waals surface area (Å²) < 4.78 is 7.01. The van der Waals surface area contributed by atoms with Gasteiger partial charge in [-0.15, -0.1) is 0 Å². The topological polar surface area (TPSA) is 58.6 Å². The third-order valence-electron chi connectivity index (χ3n) is 3.56. The van der Waals surface area contributed by atoms with Crippen molar-refractivity contribution < 1.29 is 14.6 Å². The van der Waals surface area contributed by atoms with Gasteiger partial charge in [-0.05, 0) is 62.4 Å². The van der Waals surface area contributed by atoms with Crippen LogP contribution in [0.4, 0.5) is 0 Å². The fraction of sp³-hybridized carbons (Fsp3) is 0.533. The van der Waals surface area contributed by atoms with Gasteiger partial charge in [0.25, 0.3) is 5.91 Å². The molecule has 0 atom stereocenters. The predicted molar refractivity (Wildman–Crippen MR) is 88.3 cm³/mol. The van der Waals surface area contributed by atoms with Crippen molar-refractivity contribution in [2.75, 3.05) is 6.61 Å². The maximum Gasteiger partial charge on any atom is 0.258 e. The van der Waals surface area contributed by atoms with E-state index in [-0.39, 0.29) is 19.1 Å². The summed E-state index contributed by atoms with van der Waals surface area (Å²) >= 11 is 6.78. The SMILES string of the molecule is O=C(COc1c(Br)cc(CO)cc1Br)NC1CCCCC1. The van der Waals surface area contributed by atoms with Crippen molar-refractivity contribution >= 4 is 37.8 Å². The van der Waals surface area contributed by atoms with Crippen LogP contribution in [0.5, 0.6) is 5.75 Å². The lowest BCUT2D eigenvalue weighted by Gasteiger charge is -2.22. The maximum absolute atomic E-state index is 11.9. The summed E-state index contributed by atoms with van der Waals surface area (Å²) in [6.45, 7) is -0.0498. The monoisotopic (exact) mass is 419 g/mol. The Bertz CT molecular complexity index is 479. The number of nitrogens with one attached hydrogen (secondary N) is 1. The number of aliphatic hydroxyl groups is 1. The van der Waals surface area contributed by atoms with E-state index in [1.165, 1.54) is 19.3 Å². The molecule has 0 aliphatic heterocycles. The van der Waals surface area contributed by atoms with E-state index in [0.29, 0.717) is 20.7 Å². The Morgan fingerprint density at radius 2 is 1.86 bits per heavy atom. The molecule has 0 saturated heterocycles. The lowest BCUT2D eigenvalue weighted by Crippen LogP contribution is -2.39. The van der Waals surface area contributed by atoms with Gasteiger partial charge in [0.15, 0.2) is 6.61 Å². The first-order valence-electron chi connectivity index (χ1n) is 7.11. The first kappa shape index (κ1) is 16.8. The molecule has 21 heavy (non-hydrogen) atoms. The van der Waals surface area contributed by atoms with Crippen molar-refractivity contribution in [3.8, 4) is 5.75 Å².